The number of nitrogens with zero attached hydrogens (tertiary/aromatic N) is 2. The molecule has 2 atom stereocenters. The van der Waals surface area contributed by atoms with Crippen molar-refractivity contribution < 1.29 is 0 Å². The van der Waals surface area contributed by atoms with Crippen molar-refractivity contribution >= 4 is 5.82 Å². The monoisotopic (exact) mass is 271 g/mol. The van der Waals surface area contributed by atoms with Gasteiger partial charge >= 0.3 is 0 Å². The van der Waals surface area contributed by atoms with Crippen LogP contribution in [0.3, 0.4) is 0 Å². The lowest BCUT2D eigenvalue weighted by Crippen LogP contribution is -2.43. The van der Waals surface area contributed by atoms with Gasteiger partial charge in [-0.25, -0.2) is 4.98 Å². The van der Waals surface area contributed by atoms with E-state index in [0.29, 0.717) is 6.54 Å². The molecule has 3 heteroatoms. The Labute approximate surface area is 121 Å². The molecule has 108 valence electrons. The van der Waals surface area contributed by atoms with E-state index in [1.54, 1.807) is 0 Å². The fourth-order valence-corrected chi connectivity index (χ4v) is 4.62. The smallest absolute Gasteiger partial charge is 0.133 e. The second-order valence-corrected chi connectivity index (χ2v) is 6.73. The van der Waals surface area contributed by atoms with Crippen LogP contribution in [0.25, 0.3) is 0 Å². The van der Waals surface area contributed by atoms with E-state index in [1.165, 1.54) is 74.1 Å². The maximum atomic E-state index is 6.02. The van der Waals surface area contributed by atoms with Crippen molar-refractivity contribution in [1.29, 1.82) is 0 Å². The van der Waals surface area contributed by atoms with Gasteiger partial charge in [0, 0.05) is 30.4 Å². The van der Waals surface area contributed by atoms with Crippen LogP contribution in [0.1, 0.15) is 55.3 Å². The lowest BCUT2D eigenvalue weighted by molar-refractivity contribution is 0.360. The summed E-state index contributed by atoms with van der Waals surface area (Å²) in [5, 5.41) is 0. The van der Waals surface area contributed by atoms with Gasteiger partial charge in [0.05, 0.1) is 0 Å². The first kappa shape index (κ1) is 12.6. The highest BCUT2D eigenvalue weighted by atomic mass is 15.2. The van der Waals surface area contributed by atoms with E-state index in [0.717, 1.165) is 18.4 Å². The summed E-state index contributed by atoms with van der Waals surface area (Å²) < 4.78 is 0. The molecule has 2 unspecified atom stereocenters. The normalized spacial score (nSPS) is 28.6. The van der Waals surface area contributed by atoms with Crippen LogP contribution in [0.4, 0.5) is 5.82 Å². The number of pyridine rings is 1. The van der Waals surface area contributed by atoms with Crippen molar-refractivity contribution in [2.45, 2.75) is 64.0 Å². The summed E-state index contributed by atoms with van der Waals surface area (Å²) in [4.78, 5) is 7.67. The molecule has 0 amide bonds. The number of nitrogens with two attached hydrogens (primary N) is 1. The Morgan fingerprint density at radius 2 is 2.05 bits per heavy atom. The van der Waals surface area contributed by atoms with Crippen LogP contribution in [0.15, 0.2) is 6.07 Å². The Bertz CT molecular complexity index is 511. The number of aromatic nitrogens is 1. The van der Waals surface area contributed by atoms with Crippen LogP contribution in [0, 0.1) is 5.92 Å². The quantitative estimate of drug-likeness (QED) is 0.899. The number of rotatable bonds is 2. The van der Waals surface area contributed by atoms with Crippen LogP contribution in [-0.4, -0.2) is 17.6 Å². The molecule has 2 aliphatic carbocycles. The molecule has 0 radical (unpaired) electrons. The summed E-state index contributed by atoms with van der Waals surface area (Å²) in [6.07, 6.45) is 10.5. The lowest BCUT2D eigenvalue weighted by Gasteiger charge is -2.39. The first-order valence-electron chi connectivity index (χ1n) is 8.35. The number of hydrogen-bond acceptors (Lipinski definition) is 3. The molecule has 1 saturated heterocycles. The summed E-state index contributed by atoms with van der Waals surface area (Å²) in [5.74, 6) is 2.13. The third-order valence-corrected chi connectivity index (χ3v) is 5.59. The minimum atomic E-state index is 0.628. The summed E-state index contributed by atoms with van der Waals surface area (Å²) in [5.41, 5.74) is 10.1. The number of hydrogen-bond donors (Lipinski definition) is 1. The maximum Gasteiger partial charge on any atom is 0.133 e. The zero-order valence-corrected chi connectivity index (χ0v) is 12.3. The second-order valence-electron chi connectivity index (χ2n) is 6.73. The molecular formula is C17H25N3. The largest absolute Gasteiger partial charge is 0.353 e. The molecule has 0 bridgehead atoms. The van der Waals surface area contributed by atoms with Crippen molar-refractivity contribution in [1.82, 2.24) is 4.98 Å². The third kappa shape index (κ3) is 1.95. The van der Waals surface area contributed by atoms with Gasteiger partial charge in [-0.3, -0.25) is 0 Å². The zero-order valence-electron chi connectivity index (χ0n) is 12.3. The molecule has 3 nitrogen and oxygen atoms in total. The molecule has 1 aliphatic heterocycles. The molecular weight excluding hydrogens is 246 g/mol. The summed E-state index contributed by atoms with van der Waals surface area (Å²) >= 11 is 0. The number of piperidine rings is 1. The summed E-state index contributed by atoms with van der Waals surface area (Å²) in [6, 6.07) is 3.09. The molecule has 1 aromatic rings. The Morgan fingerprint density at radius 1 is 1.15 bits per heavy atom. The standard InChI is InChI=1S/C17H25N3/c18-11-14-10-13-5-1-7-15(13)19-17(14)20-9-3-6-12-4-2-8-16(12)20/h10,12,16H,1-9,11,18H2. The third-order valence-electron chi connectivity index (χ3n) is 5.59. The maximum absolute atomic E-state index is 6.02. The van der Waals surface area contributed by atoms with E-state index >= 15 is 0 Å². The fourth-order valence-electron chi connectivity index (χ4n) is 4.62. The van der Waals surface area contributed by atoms with E-state index in [2.05, 4.69) is 11.0 Å². The van der Waals surface area contributed by atoms with Gasteiger partial charge in [0.2, 0.25) is 0 Å². The molecule has 0 spiro atoms. The Kier molecular flexibility index (Phi) is 3.18. The zero-order chi connectivity index (χ0) is 13.5. The van der Waals surface area contributed by atoms with Gasteiger partial charge < -0.3 is 10.6 Å². The van der Waals surface area contributed by atoms with E-state index in [1.807, 2.05) is 0 Å². The Morgan fingerprint density at radius 3 is 2.95 bits per heavy atom. The second kappa shape index (κ2) is 5.03. The highest BCUT2D eigenvalue weighted by Crippen LogP contribution is 2.40. The molecule has 0 aromatic carbocycles. The van der Waals surface area contributed by atoms with Crippen LogP contribution in [0.2, 0.25) is 0 Å². The predicted molar refractivity (Wildman–Crippen MR) is 81.9 cm³/mol. The van der Waals surface area contributed by atoms with Gasteiger partial charge in [-0.2, -0.15) is 0 Å². The fraction of sp³-hybridized carbons (Fsp3) is 0.706. The number of fused-ring (bicyclic) bond motifs is 2. The average Bonchev–Trinajstić information content (AvgIpc) is 3.13. The van der Waals surface area contributed by atoms with Crippen LogP contribution >= 0.6 is 0 Å². The number of aryl methyl sites for hydroxylation is 2. The van der Waals surface area contributed by atoms with Gasteiger partial charge in [-0.15, -0.1) is 0 Å². The van der Waals surface area contributed by atoms with Gasteiger partial charge in [-0.1, -0.05) is 6.42 Å². The average molecular weight is 271 g/mol. The van der Waals surface area contributed by atoms with E-state index in [-0.39, 0.29) is 0 Å². The van der Waals surface area contributed by atoms with Crippen molar-refractivity contribution in [2.24, 2.45) is 11.7 Å². The van der Waals surface area contributed by atoms with Gasteiger partial charge in [0.15, 0.2) is 0 Å². The van der Waals surface area contributed by atoms with E-state index < -0.39 is 0 Å². The Balaban J connectivity index is 1.73. The molecule has 1 aromatic heterocycles. The van der Waals surface area contributed by atoms with Gasteiger partial charge in [0.25, 0.3) is 0 Å². The van der Waals surface area contributed by atoms with Crippen molar-refractivity contribution in [3.05, 3.63) is 22.9 Å². The highest BCUT2D eigenvalue weighted by Gasteiger charge is 2.36. The molecule has 4 rings (SSSR count). The Hall–Kier alpha value is -1.09. The molecule has 20 heavy (non-hydrogen) atoms. The van der Waals surface area contributed by atoms with E-state index in [9.17, 15) is 0 Å². The molecule has 3 aliphatic rings. The lowest BCUT2D eigenvalue weighted by atomic mass is 9.91. The minimum absolute atomic E-state index is 0.628. The highest BCUT2D eigenvalue weighted by molar-refractivity contribution is 5.52. The topological polar surface area (TPSA) is 42.1 Å². The SMILES string of the molecule is NCc1cc2c(nc1N1CCCC3CCCC31)CCC2. The van der Waals surface area contributed by atoms with Gasteiger partial charge in [0.1, 0.15) is 5.82 Å². The minimum Gasteiger partial charge on any atom is -0.353 e. The van der Waals surface area contributed by atoms with Gasteiger partial charge in [-0.05, 0) is 62.5 Å². The van der Waals surface area contributed by atoms with Crippen molar-refractivity contribution in [2.75, 3.05) is 11.4 Å². The summed E-state index contributed by atoms with van der Waals surface area (Å²) in [7, 11) is 0. The molecule has 1 saturated carbocycles. The first-order chi connectivity index (χ1) is 9.86. The van der Waals surface area contributed by atoms with E-state index in [4.69, 9.17) is 10.7 Å². The van der Waals surface area contributed by atoms with Crippen LogP contribution in [-0.2, 0) is 19.4 Å². The molecule has 2 N–H and O–H groups in total. The summed E-state index contributed by atoms with van der Waals surface area (Å²) in [6.45, 7) is 1.81. The number of anilines is 1. The molecule has 2 heterocycles. The molecule has 2 fully saturated rings. The first-order valence-corrected chi connectivity index (χ1v) is 8.35. The van der Waals surface area contributed by atoms with Crippen LogP contribution in [0.5, 0.6) is 0 Å². The van der Waals surface area contributed by atoms with Crippen molar-refractivity contribution in [3.63, 3.8) is 0 Å². The predicted octanol–water partition coefficient (Wildman–Crippen LogP) is 2.80. The van der Waals surface area contributed by atoms with Crippen molar-refractivity contribution in [3.8, 4) is 0 Å². The van der Waals surface area contributed by atoms with Crippen LogP contribution < -0.4 is 10.6 Å².